The zero-order valence-electron chi connectivity index (χ0n) is 15.3. The molecule has 0 fully saturated rings. The summed E-state index contributed by atoms with van der Waals surface area (Å²) in [4.78, 5) is 9.55. The number of hydrogen-bond acceptors (Lipinski definition) is 4. The molecule has 0 aliphatic carbocycles. The summed E-state index contributed by atoms with van der Waals surface area (Å²) in [7, 11) is 3.43. The molecule has 156 valence electrons. The fraction of sp³-hybridized carbons (Fsp3) is 0.412. The van der Waals surface area contributed by atoms with Crippen LogP contribution in [0.1, 0.15) is 10.7 Å². The van der Waals surface area contributed by atoms with Gasteiger partial charge in [0.25, 0.3) is 0 Å². The van der Waals surface area contributed by atoms with Crippen molar-refractivity contribution in [3.8, 4) is 5.75 Å². The van der Waals surface area contributed by atoms with E-state index in [9.17, 15) is 17.6 Å². The Kier molecular flexibility index (Phi) is 9.93. The highest BCUT2D eigenvalue weighted by Gasteiger charge is 2.33. The lowest BCUT2D eigenvalue weighted by atomic mass is 10.3. The zero-order valence-corrected chi connectivity index (χ0v) is 18.4. The molecular weight excluding hydrogens is 511 g/mol. The molecule has 1 heterocycles. The number of nitrogens with one attached hydrogen (secondary N) is 1. The van der Waals surface area contributed by atoms with Crippen LogP contribution in [0.4, 0.5) is 17.6 Å². The van der Waals surface area contributed by atoms with Gasteiger partial charge in [-0.1, -0.05) is 0 Å². The monoisotopic (exact) mass is 532 g/mol. The number of rotatable bonds is 7. The van der Waals surface area contributed by atoms with Crippen LogP contribution < -0.4 is 10.1 Å². The summed E-state index contributed by atoms with van der Waals surface area (Å²) in [6.07, 6.45) is -4.05. The maximum atomic E-state index is 12.8. The number of aliphatic imine (C=N–C) groups is 1. The quantitative estimate of drug-likeness (QED) is 0.253. The first kappa shape index (κ1) is 24.4. The molecule has 0 bridgehead atoms. The number of likely N-dealkylation sites (N-methyl/N-ethyl adjacent to an activating group) is 1. The van der Waals surface area contributed by atoms with Gasteiger partial charge in [-0.15, -0.1) is 35.3 Å². The van der Waals surface area contributed by atoms with Crippen molar-refractivity contribution in [3.05, 3.63) is 46.2 Å². The summed E-state index contributed by atoms with van der Waals surface area (Å²) in [6.45, 7) is 1.29. The van der Waals surface area contributed by atoms with E-state index in [-0.39, 0.29) is 29.8 Å². The normalized spacial score (nSPS) is 11.7. The minimum Gasteiger partial charge on any atom is -0.492 e. The van der Waals surface area contributed by atoms with Gasteiger partial charge >= 0.3 is 6.18 Å². The van der Waals surface area contributed by atoms with E-state index in [1.165, 1.54) is 12.1 Å². The molecule has 0 aliphatic rings. The second kappa shape index (κ2) is 11.4. The molecule has 0 radical (unpaired) electrons. The third-order valence-electron chi connectivity index (χ3n) is 3.55. The highest BCUT2D eigenvalue weighted by atomic mass is 127. The summed E-state index contributed by atoms with van der Waals surface area (Å²) in [5, 5.41) is 4.50. The molecule has 1 aromatic heterocycles. The first-order valence-corrected chi connectivity index (χ1v) is 8.99. The van der Waals surface area contributed by atoms with Crippen molar-refractivity contribution in [2.45, 2.75) is 12.6 Å². The van der Waals surface area contributed by atoms with Crippen molar-refractivity contribution in [2.24, 2.45) is 4.99 Å². The van der Waals surface area contributed by atoms with Crippen LogP contribution in [0.5, 0.6) is 5.75 Å². The second-order valence-electron chi connectivity index (χ2n) is 5.57. The number of halogens is 5. The van der Waals surface area contributed by atoms with Crippen molar-refractivity contribution in [3.63, 3.8) is 0 Å². The summed E-state index contributed by atoms with van der Waals surface area (Å²) in [5.41, 5.74) is -0.859. The molecule has 0 amide bonds. The summed E-state index contributed by atoms with van der Waals surface area (Å²) in [5.74, 6) is 0.828. The molecule has 1 N–H and O–H groups in total. The number of alkyl halides is 3. The van der Waals surface area contributed by atoms with Crippen LogP contribution in [0, 0.1) is 5.82 Å². The maximum absolute atomic E-state index is 12.8. The van der Waals surface area contributed by atoms with Crippen LogP contribution in [0.25, 0.3) is 0 Å². The Hall–Kier alpha value is -1.63. The molecule has 11 heteroatoms. The number of benzene rings is 1. The Morgan fingerprint density at radius 1 is 1.29 bits per heavy atom. The number of guanidine groups is 1. The topological polar surface area (TPSA) is 49.8 Å². The predicted octanol–water partition coefficient (Wildman–Crippen LogP) is 4.05. The van der Waals surface area contributed by atoms with Gasteiger partial charge in [-0.25, -0.2) is 9.37 Å². The lowest BCUT2D eigenvalue weighted by Crippen LogP contribution is -2.41. The standard InChI is InChI=1S/C17H20F4N4OS.HI/c1-22-16(23-8-7-15-24-14(11-27-15)17(19,20)21)25(2)9-10-26-13-5-3-12(18)4-6-13;/h3-6,11H,7-10H2,1-2H3,(H,22,23);1H. The second-order valence-corrected chi connectivity index (χ2v) is 6.51. The van der Waals surface area contributed by atoms with E-state index in [1.807, 2.05) is 11.9 Å². The molecule has 0 atom stereocenters. The van der Waals surface area contributed by atoms with Crippen LogP contribution in [0.15, 0.2) is 34.6 Å². The third kappa shape index (κ3) is 7.78. The van der Waals surface area contributed by atoms with E-state index in [1.54, 1.807) is 19.2 Å². The van der Waals surface area contributed by atoms with Crippen molar-refractivity contribution in [1.29, 1.82) is 0 Å². The van der Waals surface area contributed by atoms with Crippen molar-refractivity contribution in [1.82, 2.24) is 15.2 Å². The predicted molar refractivity (Wildman–Crippen MR) is 112 cm³/mol. The SMILES string of the molecule is CN=C(NCCc1nc(C(F)(F)F)cs1)N(C)CCOc1ccc(F)cc1.I. The van der Waals surface area contributed by atoms with Crippen LogP contribution in [-0.4, -0.2) is 49.6 Å². The van der Waals surface area contributed by atoms with Gasteiger partial charge in [0.1, 0.15) is 18.2 Å². The Balaban J connectivity index is 0.00000392. The average Bonchev–Trinajstić information content (AvgIpc) is 3.09. The van der Waals surface area contributed by atoms with Crippen molar-refractivity contribution in [2.75, 3.05) is 33.8 Å². The fourth-order valence-electron chi connectivity index (χ4n) is 2.16. The Bertz CT molecular complexity index is 752. The van der Waals surface area contributed by atoms with Gasteiger partial charge in [0, 0.05) is 32.4 Å². The van der Waals surface area contributed by atoms with E-state index in [0.717, 1.165) is 16.7 Å². The number of hydrogen-bond donors (Lipinski definition) is 1. The number of nitrogens with zero attached hydrogens (tertiary/aromatic N) is 3. The minimum atomic E-state index is -4.41. The smallest absolute Gasteiger partial charge is 0.434 e. The van der Waals surface area contributed by atoms with Crippen LogP contribution >= 0.6 is 35.3 Å². The highest BCUT2D eigenvalue weighted by molar-refractivity contribution is 14.0. The van der Waals surface area contributed by atoms with E-state index >= 15 is 0 Å². The van der Waals surface area contributed by atoms with E-state index in [4.69, 9.17) is 4.74 Å². The molecule has 2 rings (SSSR count). The number of ether oxygens (including phenoxy) is 1. The Labute approximate surface area is 181 Å². The molecule has 0 saturated heterocycles. The van der Waals surface area contributed by atoms with Gasteiger partial charge in [-0.2, -0.15) is 13.2 Å². The van der Waals surface area contributed by atoms with E-state index in [0.29, 0.717) is 42.8 Å². The van der Waals surface area contributed by atoms with Gasteiger partial charge in [-0.05, 0) is 24.3 Å². The molecule has 0 aliphatic heterocycles. The van der Waals surface area contributed by atoms with Gasteiger partial charge in [0.2, 0.25) is 0 Å². The van der Waals surface area contributed by atoms with Crippen LogP contribution in [0.3, 0.4) is 0 Å². The van der Waals surface area contributed by atoms with Crippen molar-refractivity contribution >= 4 is 41.3 Å². The van der Waals surface area contributed by atoms with E-state index < -0.39 is 11.9 Å². The van der Waals surface area contributed by atoms with E-state index in [2.05, 4.69) is 15.3 Å². The van der Waals surface area contributed by atoms with Gasteiger partial charge < -0.3 is 15.0 Å². The molecule has 1 aromatic carbocycles. The van der Waals surface area contributed by atoms with Gasteiger partial charge in [-0.3, -0.25) is 4.99 Å². The molecular formula is C17H21F4IN4OS. The van der Waals surface area contributed by atoms with Crippen LogP contribution in [-0.2, 0) is 12.6 Å². The molecule has 2 aromatic rings. The summed E-state index contributed by atoms with van der Waals surface area (Å²) >= 11 is 0.985. The van der Waals surface area contributed by atoms with Gasteiger partial charge in [0.05, 0.1) is 11.6 Å². The number of thiazole rings is 1. The summed E-state index contributed by atoms with van der Waals surface area (Å²) in [6, 6.07) is 5.74. The molecule has 0 unspecified atom stereocenters. The van der Waals surface area contributed by atoms with Gasteiger partial charge in [0.15, 0.2) is 11.7 Å². The molecule has 0 saturated carbocycles. The average molecular weight is 532 g/mol. The maximum Gasteiger partial charge on any atom is 0.434 e. The molecule has 0 spiro atoms. The molecule has 28 heavy (non-hydrogen) atoms. The molecule has 5 nitrogen and oxygen atoms in total. The first-order valence-electron chi connectivity index (χ1n) is 8.11. The Morgan fingerprint density at radius 2 is 1.96 bits per heavy atom. The fourth-order valence-corrected chi connectivity index (χ4v) is 2.96. The highest BCUT2D eigenvalue weighted by Crippen LogP contribution is 2.29. The largest absolute Gasteiger partial charge is 0.492 e. The zero-order chi connectivity index (χ0) is 19.9. The number of aromatic nitrogens is 1. The summed E-state index contributed by atoms with van der Waals surface area (Å²) < 4.78 is 56.0. The Morgan fingerprint density at radius 3 is 2.54 bits per heavy atom. The lowest BCUT2D eigenvalue weighted by molar-refractivity contribution is -0.140. The first-order chi connectivity index (χ1) is 12.8. The third-order valence-corrected chi connectivity index (χ3v) is 4.46. The minimum absolute atomic E-state index is 0. The lowest BCUT2D eigenvalue weighted by Gasteiger charge is -2.22. The van der Waals surface area contributed by atoms with Crippen LogP contribution in [0.2, 0.25) is 0 Å². The van der Waals surface area contributed by atoms with Crippen molar-refractivity contribution < 1.29 is 22.3 Å².